The van der Waals surface area contributed by atoms with E-state index in [-0.39, 0.29) is 0 Å². The summed E-state index contributed by atoms with van der Waals surface area (Å²) in [5.41, 5.74) is 2.49. The van der Waals surface area contributed by atoms with Crippen LogP contribution in [-0.4, -0.2) is 18.1 Å². The number of nitrogens with two attached hydrogens (primary N) is 1. The number of rotatable bonds is 5. The van der Waals surface area contributed by atoms with E-state index in [2.05, 4.69) is 15.8 Å². The summed E-state index contributed by atoms with van der Waals surface area (Å²) in [6.45, 7) is 0. The Balaban J connectivity index is 1.99. The third-order valence-electron chi connectivity index (χ3n) is 3.33. The second-order valence-corrected chi connectivity index (χ2v) is 6.40. The SMILES string of the molecule is N#Cc1ccc(N(c2ccc(NS(N)(=O)=O)cc2)n2ccnc2)cc1. The van der Waals surface area contributed by atoms with Gasteiger partial charge in [0.05, 0.1) is 23.0 Å². The minimum Gasteiger partial charge on any atom is -0.271 e. The van der Waals surface area contributed by atoms with Crippen LogP contribution in [0.3, 0.4) is 0 Å². The smallest absolute Gasteiger partial charge is 0.271 e. The Labute approximate surface area is 144 Å². The maximum absolute atomic E-state index is 11.1. The minimum atomic E-state index is -3.82. The fraction of sp³-hybridized carbons (Fsp3) is 0. The van der Waals surface area contributed by atoms with Crippen LogP contribution in [0.4, 0.5) is 17.1 Å². The Hall–Kier alpha value is -3.35. The lowest BCUT2D eigenvalue weighted by molar-refractivity contribution is 0.603. The molecule has 0 aliphatic heterocycles. The van der Waals surface area contributed by atoms with Crippen LogP contribution in [0.15, 0.2) is 67.3 Å². The number of hydrogen-bond donors (Lipinski definition) is 2. The third kappa shape index (κ3) is 3.95. The van der Waals surface area contributed by atoms with Gasteiger partial charge < -0.3 is 0 Å². The highest BCUT2D eigenvalue weighted by Gasteiger charge is 2.12. The number of hydrogen-bond acceptors (Lipinski definition) is 5. The van der Waals surface area contributed by atoms with Gasteiger partial charge in [-0.1, -0.05) is 0 Å². The van der Waals surface area contributed by atoms with Crippen molar-refractivity contribution in [2.75, 3.05) is 9.73 Å². The molecule has 0 saturated heterocycles. The monoisotopic (exact) mass is 354 g/mol. The maximum atomic E-state index is 11.1. The van der Waals surface area contributed by atoms with Crippen LogP contribution in [0.1, 0.15) is 5.56 Å². The average Bonchev–Trinajstić information content (AvgIpc) is 3.10. The van der Waals surface area contributed by atoms with Crippen LogP contribution < -0.4 is 14.9 Å². The molecule has 0 fully saturated rings. The predicted molar refractivity (Wildman–Crippen MR) is 94.1 cm³/mol. The van der Waals surface area contributed by atoms with Gasteiger partial charge in [-0.05, 0) is 48.5 Å². The number of imidazole rings is 1. The lowest BCUT2D eigenvalue weighted by Gasteiger charge is -2.25. The fourth-order valence-electron chi connectivity index (χ4n) is 2.30. The van der Waals surface area contributed by atoms with Gasteiger partial charge in [-0.15, -0.1) is 0 Å². The summed E-state index contributed by atoms with van der Waals surface area (Å²) in [5.74, 6) is 0. The summed E-state index contributed by atoms with van der Waals surface area (Å²) in [5, 5.41) is 15.8. The number of aromatic nitrogens is 2. The highest BCUT2D eigenvalue weighted by molar-refractivity contribution is 7.90. The second-order valence-electron chi connectivity index (χ2n) is 5.11. The summed E-state index contributed by atoms with van der Waals surface area (Å²) in [6, 6.07) is 15.8. The van der Waals surface area contributed by atoms with Crippen molar-refractivity contribution in [1.29, 1.82) is 5.26 Å². The molecule has 9 heteroatoms. The highest BCUT2D eigenvalue weighted by Crippen LogP contribution is 2.27. The Kier molecular flexibility index (Phi) is 4.38. The molecule has 25 heavy (non-hydrogen) atoms. The van der Waals surface area contributed by atoms with E-state index in [0.717, 1.165) is 11.4 Å². The van der Waals surface area contributed by atoms with Crippen molar-refractivity contribution >= 4 is 27.3 Å². The zero-order valence-corrected chi connectivity index (χ0v) is 13.8. The molecule has 1 aromatic heterocycles. The normalized spacial score (nSPS) is 10.9. The van der Waals surface area contributed by atoms with Crippen molar-refractivity contribution in [1.82, 2.24) is 9.66 Å². The molecule has 0 amide bonds. The summed E-state index contributed by atoms with van der Waals surface area (Å²) < 4.78 is 26.2. The Morgan fingerprint density at radius 3 is 2.16 bits per heavy atom. The quantitative estimate of drug-likeness (QED) is 0.726. The van der Waals surface area contributed by atoms with E-state index >= 15 is 0 Å². The average molecular weight is 354 g/mol. The van der Waals surface area contributed by atoms with Crippen molar-refractivity contribution in [3.8, 4) is 6.07 Å². The van der Waals surface area contributed by atoms with Crippen molar-refractivity contribution in [3.63, 3.8) is 0 Å². The van der Waals surface area contributed by atoms with Gasteiger partial charge in [-0.2, -0.15) is 13.7 Å². The molecule has 0 unspecified atom stereocenters. The zero-order chi connectivity index (χ0) is 17.9. The first-order valence-electron chi connectivity index (χ1n) is 7.15. The molecule has 0 aliphatic rings. The Bertz CT molecular complexity index is 990. The van der Waals surface area contributed by atoms with Crippen LogP contribution in [0.2, 0.25) is 0 Å². The van der Waals surface area contributed by atoms with Crippen LogP contribution in [0.5, 0.6) is 0 Å². The van der Waals surface area contributed by atoms with Gasteiger partial charge in [0.25, 0.3) is 10.2 Å². The molecule has 3 aromatic rings. The van der Waals surface area contributed by atoms with Crippen LogP contribution in [0, 0.1) is 11.3 Å². The Morgan fingerprint density at radius 2 is 1.68 bits per heavy atom. The molecule has 0 aliphatic carbocycles. The highest BCUT2D eigenvalue weighted by atomic mass is 32.2. The van der Waals surface area contributed by atoms with Crippen molar-refractivity contribution in [2.24, 2.45) is 5.14 Å². The number of nitrogens with one attached hydrogen (secondary N) is 1. The topological polar surface area (TPSA) is 117 Å². The summed E-state index contributed by atoms with van der Waals surface area (Å²) in [4.78, 5) is 4.05. The van der Waals surface area contributed by atoms with E-state index in [1.807, 2.05) is 17.1 Å². The standard InChI is InChI=1S/C16H14N6O2S/c17-11-13-1-5-15(6-2-13)22(21-10-9-19-12-21)16-7-3-14(4-8-16)20-25(18,23)24/h1-10,12,20H,(H2,18,23,24). The molecule has 0 spiro atoms. The minimum absolute atomic E-state index is 0.358. The molecule has 3 N–H and O–H groups in total. The van der Waals surface area contributed by atoms with E-state index in [9.17, 15) is 8.42 Å². The molecule has 0 radical (unpaired) electrons. The maximum Gasteiger partial charge on any atom is 0.296 e. The lowest BCUT2D eigenvalue weighted by Crippen LogP contribution is -2.23. The van der Waals surface area contributed by atoms with Crippen molar-refractivity contribution in [3.05, 3.63) is 72.8 Å². The second kappa shape index (κ2) is 6.64. The van der Waals surface area contributed by atoms with E-state index in [1.54, 1.807) is 59.8 Å². The molecule has 1 heterocycles. The first-order chi connectivity index (χ1) is 12.0. The van der Waals surface area contributed by atoms with E-state index in [4.69, 9.17) is 10.4 Å². The summed E-state index contributed by atoms with van der Waals surface area (Å²) in [7, 11) is -3.82. The Morgan fingerprint density at radius 1 is 1.08 bits per heavy atom. The van der Waals surface area contributed by atoms with Crippen LogP contribution >= 0.6 is 0 Å². The van der Waals surface area contributed by atoms with Gasteiger partial charge in [0, 0.05) is 18.1 Å². The molecular weight excluding hydrogens is 340 g/mol. The first kappa shape index (κ1) is 16.5. The fourth-order valence-corrected chi connectivity index (χ4v) is 2.76. The van der Waals surface area contributed by atoms with E-state index < -0.39 is 10.2 Å². The number of anilines is 3. The van der Waals surface area contributed by atoms with Crippen molar-refractivity contribution < 1.29 is 8.42 Å². The van der Waals surface area contributed by atoms with Crippen LogP contribution in [-0.2, 0) is 10.2 Å². The van der Waals surface area contributed by atoms with Crippen LogP contribution in [0.25, 0.3) is 0 Å². The predicted octanol–water partition coefficient (Wildman–Crippen LogP) is 1.97. The molecule has 0 atom stereocenters. The van der Waals surface area contributed by atoms with Gasteiger partial charge in [0.2, 0.25) is 0 Å². The third-order valence-corrected chi connectivity index (χ3v) is 3.85. The molecular formula is C16H14N6O2S. The summed E-state index contributed by atoms with van der Waals surface area (Å²) in [6.07, 6.45) is 5.05. The van der Waals surface area contributed by atoms with Gasteiger partial charge >= 0.3 is 0 Å². The molecule has 2 aromatic carbocycles. The zero-order valence-electron chi connectivity index (χ0n) is 12.9. The van der Waals surface area contributed by atoms with Gasteiger partial charge in [0.1, 0.15) is 6.33 Å². The largest absolute Gasteiger partial charge is 0.296 e. The number of nitriles is 1. The molecule has 8 nitrogen and oxygen atoms in total. The van der Waals surface area contributed by atoms with Crippen molar-refractivity contribution in [2.45, 2.75) is 0 Å². The number of benzene rings is 2. The van der Waals surface area contributed by atoms with Gasteiger partial charge in [0.15, 0.2) is 0 Å². The molecule has 126 valence electrons. The lowest BCUT2D eigenvalue weighted by atomic mass is 10.2. The van der Waals surface area contributed by atoms with E-state index in [1.165, 1.54) is 0 Å². The molecule has 0 bridgehead atoms. The molecule has 3 rings (SSSR count). The molecule has 0 saturated carbocycles. The van der Waals surface area contributed by atoms with Gasteiger partial charge in [-0.25, -0.2) is 19.8 Å². The number of nitrogens with zero attached hydrogens (tertiary/aromatic N) is 4. The van der Waals surface area contributed by atoms with E-state index in [0.29, 0.717) is 11.3 Å². The van der Waals surface area contributed by atoms with Gasteiger partial charge in [-0.3, -0.25) is 4.72 Å². The summed E-state index contributed by atoms with van der Waals surface area (Å²) >= 11 is 0. The first-order valence-corrected chi connectivity index (χ1v) is 8.70.